The largest absolute Gasteiger partial charge is 0.492 e. The highest BCUT2D eigenvalue weighted by Gasteiger charge is 2.21. The fraction of sp³-hybridized carbons (Fsp3) is 0.429. The molecule has 1 saturated heterocycles. The van der Waals surface area contributed by atoms with Crippen LogP contribution in [0.3, 0.4) is 0 Å². The van der Waals surface area contributed by atoms with E-state index in [1.165, 1.54) is 11.8 Å². The van der Waals surface area contributed by atoms with Gasteiger partial charge in [0.2, 0.25) is 5.91 Å². The number of ether oxygens (including phenoxy) is 1. The number of nitrogens with one attached hydrogen (secondary N) is 1. The van der Waals surface area contributed by atoms with E-state index in [1.54, 1.807) is 4.90 Å². The van der Waals surface area contributed by atoms with E-state index in [9.17, 15) is 9.59 Å². The van der Waals surface area contributed by atoms with E-state index in [-0.39, 0.29) is 11.1 Å². The Morgan fingerprint density at radius 1 is 1.48 bits per heavy atom. The molecule has 0 saturated carbocycles. The molecule has 1 fully saturated rings. The minimum atomic E-state index is -0.0578. The lowest BCUT2D eigenvalue weighted by atomic mass is 10.3. The first-order chi connectivity index (χ1) is 10.1. The zero-order valence-electron chi connectivity index (χ0n) is 11.5. The third-order valence-electron chi connectivity index (χ3n) is 2.94. The molecule has 1 aromatic rings. The SMILES string of the molecule is O=C(CCN1CCSC1=O)NCCOc1cccc(Br)c1. The van der Waals surface area contributed by atoms with Crippen LogP contribution in [0.4, 0.5) is 4.79 Å². The second-order valence-corrected chi connectivity index (χ2v) is 6.47. The molecule has 2 rings (SSSR count). The van der Waals surface area contributed by atoms with Gasteiger partial charge in [-0.05, 0) is 18.2 Å². The number of carbonyl (C=O) groups excluding carboxylic acids is 2. The highest BCUT2D eigenvalue weighted by Crippen LogP contribution is 2.18. The summed E-state index contributed by atoms with van der Waals surface area (Å²) < 4.78 is 6.48. The molecule has 21 heavy (non-hydrogen) atoms. The Balaban J connectivity index is 1.58. The highest BCUT2D eigenvalue weighted by atomic mass is 79.9. The zero-order valence-corrected chi connectivity index (χ0v) is 13.9. The van der Waals surface area contributed by atoms with Crippen molar-refractivity contribution in [2.24, 2.45) is 0 Å². The van der Waals surface area contributed by atoms with Gasteiger partial charge in [0, 0.05) is 29.7 Å². The quantitative estimate of drug-likeness (QED) is 0.747. The molecule has 0 radical (unpaired) electrons. The van der Waals surface area contributed by atoms with Gasteiger partial charge < -0.3 is 15.0 Å². The molecule has 5 nitrogen and oxygen atoms in total. The van der Waals surface area contributed by atoms with Crippen molar-refractivity contribution in [2.45, 2.75) is 6.42 Å². The number of nitrogens with zero attached hydrogens (tertiary/aromatic N) is 1. The van der Waals surface area contributed by atoms with Crippen LogP contribution in [0.1, 0.15) is 6.42 Å². The summed E-state index contributed by atoms with van der Waals surface area (Å²) in [4.78, 5) is 24.7. The highest BCUT2D eigenvalue weighted by molar-refractivity contribution is 9.10. The summed E-state index contributed by atoms with van der Waals surface area (Å²) in [5.74, 6) is 1.52. The topological polar surface area (TPSA) is 58.6 Å². The normalized spacial score (nSPS) is 14.3. The molecule has 0 unspecified atom stereocenters. The van der Waals surface area contributed by atoms with E-state index < -0.39 is 0 Å². The summed E-state index contributed by atoms with van der Waals surface area (Å²) >= 11 is 4.68. The van der Waals surface area contributed by atoms with Crippen LogP contribution in [0, 0.1) is 0 Å². The molecule has 1 aromatic carbocycles. The Labute approximate surface area is 136 Å². The average molecular weight is 373 g/mol. The number of hydrogen-bond donors (Lipinski definition) is 1. The minimum Gasteiger partial charge on any atom is -0.492 e. The monoisotopic (exact) mass is 372 g/mol. The summed E-state index contributed by atoms with van der Waals surface area (Å²) in [5.41, 5.74) is 0. The molecule has 0 spiro atoms. The maximum Gasteiger partial charge on any atom is 0.281 e. The van der Waals surface area contributed by atoms with Gasteiger partial charge in [0.15, 0.2) is 0 Å². The first kappa shape index (κ1) is 16.2. The van der Waals surface area contributed by atoms with E-state index in [4.69, 9.17) is 4.74 Å². The summed E-state index contributed by atoms with van der Waals surface area (Å²) in [5, 5.41) is 2.86. The second kappa shape index (κ2) is 8.29. The number of thioether (sulfide) groups is 1. The summed E-state index contributed by atoms with van der Waals surface area (Å²) in [7, 11) is 0. The van der Waals surface area contributed by atoms with E-state index in [2.05, 4.69) is 21.2 Å². The predicted molar refractivity (Wildman–Crippen MR) is 86.7 cm³/mol. The molecule has 1 aliphatic heterocycles. The number of carbonyl (C=O) groups is 2. The van der Waals surface area contributed by atoms with Crippen molar-refractivity contribution >= 4 is 38.8 Å². The van der Waals surface area contributed by atoms with Crippen LogP contribution < -0.4 is 10.1 Å². The Kier molecular flexibility index (Phi) is 6.38. The van der Waals surface area contributed by atoms with Crippen LogP contribution in [0.15, 0.2) is 28.7 Å². The van der Waals surface area contributed by atoms with E-state index in [1.807, 2.05) is 24.3 Å². The van der Waals surface area contributed by atoms with Crippen LogP contribution >= 0.6 is 27.7 Å². The van der Waals surface area contributed by atoms with Crippen molar-refractivity contribution in [3.05, 3.63) is 28.7 Å². The Hall–Kier alpha value is -1.21. The second-order valence-electron chi connectivity index (χ2n) is 4.51. The van der Waals surface area contributed by atoms with Crippen LogP contribution in [0.2, 0.25) is 0 Å². The van der Waals surface area contributed by atoms with Gasteiger partial charge in [0.1, 0.15) is 12.4 Å². The van der Waals surface area contributed by atoms with Gasteiger partial charge in [-0.2, -0.15) is 0 Å². The average Bonchev–Trinajstić information content (AvgIpc) is 2.87. The van der Waals surface area contributed by atoms with Crippen molar-refractivity contribution in [3.8, 4) is 5.75 Å². The lowest BCUT2D eigenvalue weighted by Gasteiger charge is -2.14. The van der Waals surface area contributed by atoms with E-state index in [0.717, 1.165) is 22.5 Å². The molecule has 0 bridgehead atoms. The van der Waals surface area contributed by atoms with Gasteiger partial charge in [-0.15, -0.1) is 0 Å². The molecule has 1 aliphatic rings. The smallest absolute Gasteiger partial charge is 0.281 e. The molecule has 0 aliphatic carbocycles. The lowest BCUT2D eigenvalue weighted by Crippen LogP contribution is -2.32. The number of rotatable bonds is 7. The van der Waals surface area contributed by atoms with Crippen LogP contribution in [0.25, 0.3) is 0 Å². The van der Waals surface area contributed by atoms with Gasteiger partial charge >= 0.3 is 0 Å². The number of amides is 2. The fourth-order valence-electron chi connectivity index (χ4n) is 1.87. The number of halogens is 1. The van der Waals surface area contributed by atoms with Crippen LogP contribution in [-0.2, 0) is 4.79 Å². The maximum atomic E-state index is 11.7. The van der Waals surface area contributed by atoms with Crippen molar-refractivity contribution in [3.63, 3.8) is 0 Å². The molecule has 0 aromatic heterocycles. The maximum absolute atomic E-state index is 11.7. The standard InChI is InChI=1S/C14H17BrN2O3S/c15-11-2-1-3-12(10-11)20-8-5-16-13(18)4-6-17-7-9-21-14(17)19/h1-3,10H,4-9H2,(H,16,18). The van der Waals surface area contributed by atoms with Crippen molar-refractivity contribution in [2.75, 3.05) is 32.0 Å². The third kappa shape index (κ3) is 5.59. The zero-order chi connectivity index (χ0) is 15.1. The fourth-order valence-corrected chi connectivity index (χ4v) is 3.10. The van der Waals surface area contributed by atoms with Gasteiger partial charge in [0.05, 0.1) is 6.54 Å². The first-order valence-electron chi connectivity index (χ1n) is 6.72. The van der Waals surface area contributed by atoms with Crippen LogP contribution in [-0.4, -0.2) is 48.0 Å². The first-order valence-corrected chi connectivity index (χ1v) is 8.50. The summed E-state index contributed by atoms with van der Waals surface area (Å²) in [6, 6.07) is 7.55. The van der Waals surface area contributed by atoms with Gasteiger partial charge in [-0.1, -0.05) is 33.8 Å². The van der Waals surface area contributed by atoms with E-state index in [0.29, 0.717) is 26.1 Å². The van der Waals surface area contributed by atoms with Gasteiger partial charge in [-0.3, -0.25) is 9.59 Å². The Morgan fingerprint density at radius 2 is 2.33 bits per heavy atom. The number of hydrogen-bond acceptors (Lipinski definition) is 4. The molecule has 114 valence electrons. The lowest BCUT2D eigenvalue weighted by molar-refractivity contribution is -0.121. The summed E-state index contributed by atoms with van der Waals surface area (Å²) in [6.45, 7) is 2.10. The van der Waals surface area contributed by atoms with Crippen molar-refractivity contribution in [1.29, 1.82) is 0 Å². The van der Waals surface area contributed by atoms with Crippen molar-refractivity contribution in [1.82, 2.24) is 10.2 Å². The molecule has 1 heterocycles. The molecule has 0 atom stereocenters. The van der Waals surface area contributed by atoms with Crippen molar-refractivity contribution < 1.29 is 14.3 Å². The van der Waals surface area contributed by atoms with E-state index >= 15 is 0 Å². The van der Waals surface area contributed by atoms with Gasteiger partial charge in [0.25, 0.3) is 5.24 Å². The molecular formula is C14H17BrN2O3S. The van der Waals surface area contributed by atoms with Gasteiger partial charge in [-0.25, -0.2) is 0 Å². The number of benzene rings is 1. The molecule has 7 heteroatoms. The third-order valence-corrected chi connectivity index (χ3v) is 4.33. The molecular weight excluding hydrogens is 356 g/mol. The predicted octanol–water partition coefficient (Wildman–Crippen LogP) is 2.50. The minimum absolute atomic E-state index is 0.0578. The van der Waals surface area contributed by atoms with Crippen LogP contribution in [0.5, 0.6) is 5.75 Å². The Bertz CT molecular complexity index is 513. The summed E-state index contributed by atoms with van der Waals surface area (Å²) in [6.07, 6.45) is 0.336. The molecule has 2 amide bonds. The Morgan fingerprint density at radius 3 is 3.05 bits per heavy atom. The molecule has 1 N–H and O–H groups in total.